The van der Waals surface area contributed by atoms with Crippen molar-refractivity contribution >= 4 is 0 Å². The molecule has 1 nitrogen and oxygen atoms in total. The van der Waals surface area contributed by atoms with Gasteiger partial charge in [-0.2, -0.15) is 0 Å². The monoisotopic (exact) mass is 152 g/mol. The van der Waals surface area contributed by atoms with Gasteiger partial charge in [0.1, 0.15) is 0 Å². The van der Waals surface area contributed by atoms with Gasteiger partial charge in [-0.3, -0.25) is 0 Å². The fourth-order valence-electron chi connectivity index (χ4n) is 0.589. The van der Waals surface area contributed by atoms with E-state index in [-0.39, 0.29) is 0 Å². The van der Waals surface area contributed by atoms with Gasteiger partial charge in [-0.1, -0.05) is 18.7 Å². The second-order valence-electron chi connectivity index (χ2n) is 3.51. The molecule has 0 aliphatic heterocycles. The largest absolute Gasteiger partial charge is 0.305 e. The van der Waals surface area contributed by atoms with Crippen molar-refractivity contribution in [3.63, 3.8) is 0 Å². The standard InChI is InChI=1S/C10H18N/c1-6-7-10(2)8-9-11(3,4)5/h6-9H,2H2,1,3-5H3/q+1/b7-6-,9-8-. The highest BCUT2D eigenvalue weighted by molar-refractivity contribution is 5.25. The van der Waals surface area contributed by atoms with E-state index in [4.69, 9.17) is 0 Å². The quantitative estimate of drug-likeness (QED) is 0.430. The Bertz CT molecular complexity index is 180. The molecule has 0 radical (unpaired) electrons. The van der Waals surface area contributed by atoms with Gasteiger partial charge in [0.2, 0.25) is 0 Å². The average Bonchev–Trinajstić information content (AvgIpc) is 1.83. The Labute approximate surface area is 69.9 Å². The van der Waals surface area contributed by atoms with Crippen molar-refractivity contribution in [3.05, 3.63) is 36.6 Å². The molecule has 0 aliphatic carbocycles. The van der Waals surface area contributed by atoms with E-state index in [1.54, 1.807) is 0 Å². The van der Waals surface area contributed by atoms with Crippen molar-refractivity contribution in [2.45, 2.75) is 6.92 Å². The van der Waals surface area contributed by atoms with Crippen LogP contribution in [0.3, 0.4) is 0 Å². The molecule has 0 aliphatic rings. The average molecular weight is 152 g/mol. The van der Waals surface area contributed by atoms with Gasteiger partial charge in [0, 0.05) is 0 Å². The van der Waals surface area contributed by atoms with Crippen LogP contribution in [0.2, 0.25) is 0 Å². The lowest BCUT2D eigenvalue weighted by atomic mass is 10.3. The zero-order valence-electron chi connectivity index (χ0n) is 7.96. The van der Waals surface area contributed by atoms with Gasteiger partial charge in [-0.05, 0) is 18.6 Å². The minimum atomic E-state index is 0.830. The van der Waals surface area contributed by atoms with Crippen LogP contribution in [-0.2, 0) is 0 Å². The topological polar surface area (TPSA) is 0 Å². The Kier molecular flexibility index (Phi) is 3.83. The van der Waals surface area contributed by atoms with E-state index < -0.39 is 0 Å². The van der Waals surface area contributed by atoms with Crippen LogP contribution in [0.25, 0.3) is 0 Å². The first-order valence-electron chi connectivity index (χ1n) is 3.77. The summed E-state index contributed by atoms with van der Waals surface area (Å²) in [5.74, 6) is 0. The molecular weight excluding hydrogens is 134 g/mol. The van der Waals surface area contributed by atoms with Gasteiger partial charge < -0.3 is 4.48 Å². The molecule has 0 saturated carbocycles. The Hall–Kier alpha value is -0.820. The zero-order valence-corrected chi connectivity index (χ0v) is 7.96. The summed E-state index contributed by atoms with van der Waals surface area (Å²) in [7, 11) is 6.33. The van der Waals surface area contributed by atoms with E-state index in [9.17, 15) is 0 Å². The number of quaternary nitrogens is 1. The van der Waals surface area contributed by atoms with Gasteiger partial charge in [0.05, 0.1) is 27.3 Å². The first-order valence-corrected chi connectivity index (χ1v) is 3.77. The fraction of sp³-hybridized carbons (Fsp3) is 0.400. The van der Waals surface area contributed by atoms with E-state index in [2.05, 4.69) is 33.9 Å². The highest BCUT2D eigenvalue weighted by atomic mass is 15.3. The molecule has 1 heteroatoms. The van der Waals surface area contributed by atoms with Crippen molar-refractivity contribution < 1.29 is 4.48 Å². The molecule has 0 saturated heterocycles. The summed E-state index contributed by atoms with van der Waals surface area (Å²) in [6.45, 7) is 5.85. The number of allylic oxidation sites excluding steroid dienone is 4. The number of rotatable bonds is 3. The number of nitrogens with zero attached hydrogens (tertiary/aromatic N) is 1. The molecule has 0 aromatic heterocycles. The maximum Gasteiger partial charge on any atom is 0.0957 e. The smallest absolute Gasteiger partial charge is 0.0957 e. The van der Waals surface area contributed by atoms with Gasteiger partial charge in [0.15, 0.2) is 0 Å². The van der Waals surface area contributed by atoms with Crippen LogP contribution >= 0.6 is 0 Å². The summed E-state index contributed by atoms with van der Waals surface area (Å²) in [5.41, 5.74) is 1.04. The molecule has 11 heavy (non-hydrogen) atoms. The lowest BCUT2D eigenvalue weighted by Gasteiger charge is -2.17. The first-order chi connectivity index (χ1) is 4.95. The summed E-state index contributed by atoms with van der Waals surface area (Å²) >= 11 is 0. The Morgan fingerprint density at radius 1 is 1.18 bits per heavy atom. The Morgan fingerprint density at radius 3 is 2.09 bits per heavy atom. The second-order valence-corrected chi connectivity index (χ2v) is 3.51. The summed E-state index contributed by atoms with van der Waals surface area (Å²) in [5, 5.41) is 0. The molecule has 0 heterocycles. The van der Waals surface area contributed by atoms with Crippen LogP contribution < -0.4 is 0 Å². The molecule has 0 aromatic carbocycles. The lowest BCUT2D eigenvalue weighted by Crippen LogP contribution is -2.26. The van der Waals surface area contributed by atoms with E-state index in [0.29, 0.717) is 0 Å². The van der Waals surface area contributed by atoms with Crippen molar-refractivity contribution in [2.24, 2.45) is 0 Å². The first kappa shape index (κ1) is 10.2. The van der Waals surface area contributed by atoms with Crippen LogP contribution in [-0.4, -0.2) is 25.6 Å². The molecular formula is C10H18N+. The summed E-state index contributed by atoms with van der Waals surface area (Å²) in [4.78, 5) is 0. The fourth-order valence-corrected chi connectivity index (χ4v) is 0.589. The van der Waals surface area contributed by atoms with E-state index in [1.807, 2.05) is 25.2 Å². The normalized spacial score (nSPS) is 13.1. The van der Waals surface area contributed by atoms with E-state index in [1.165, 1.54) is 0 Å². The molecule has 0 atom stereocenters. The summed E-state index contributed by atoms with van der Waals surface area (Å²) in [6, 6.07) is 0. The third kappa shape index (κ3) is 7.07. The number of hydrogen-bond donors (Lipinski definition) is 0. The zero-order chi connectivity index (χ0) is 8.91. The molecule has 0 bridgehead atoms. The second kappa shape index (κ2) is 4.14. The van der Waals surface area contributed by atoms with Crippen LogP contribution in [0.15, 0.2) is 36.6 Å². The molecule has 0 amide bonds. The van der Waals surface area contributed by atoms with Crippen LogP contribution in [0.4, 0.5) is 0 Å². The van der Waals surface area contributed by atoms with Crippen LogP contribution in [0.5, 0.6) is 0 Å². The van der Waals surface area contributed by atoms with Crippen molar-refractivity contribution in [1.29, 1.82) is 0 Å². The molecule has 0 unspecified atom stereocenters. The van der Waals surface area contributed by atoms with E-state index in [0.717, 1.165) is 10.1 Å². The minimum absolute atomic E-state index is 0.830. The van der Waals surface area contributed by atoms with Gasteiger partial charge in [0.25, 0.3) is 0 Å². The predicted octanol–water partition coefficient (Wildman–Crippen LogP) is 2.34. The van der Waals surface area contributed by atoms with E-state index >= 15 is 0 Å². The highest BCUT2D eigenvalue weighted by Crippen LogP contribution is 1.99. The number of hydrogen-bond acceptors (Lipinski definition) is 0. The molecule has 62 valence electrons. The molecule has 0 N–H and O–H groups in total. The molecule has 0 aromatic rings. The Balaban J connectivity index is 4.04. The maximum absolute atomic E-state index is 3.86. The predicted molar refractivity (Wildman–Crippen MR) is 51.1 cm³/mol. The van der Waals surface area contributed by atoms with Gasteiger partial charge in [-0.25, -0.2) is 0 Å². The molecule has 0 spiro atoms. The summed E-state index contributed by atoms with van der Waals surface area (Å²) < 4.78 is 0.830. The van der Waals surface area contributed by atoms with Crippen LogP contribution in [0.1, 0.15) is 6.92 Å². The summed E-state index contributed by atoms with van der Waals surface area (Å²) in [6.07, 6.45) is 8.11. The van der Waals surface area contributed by atoms with Crippen LogP contribution in [0, 0.1) is 0 Å². The lowest BCUT2D eigenvalue weighted by molar-refractivity contribution is -0.817. The maximum atomic E-state index is 3.86. The van der Waals surface area contributed by atoms with Crippen molar-refractivity contribution in [3.8, 4) is 0 Å². The van der Waals surface area contributed by atoms with Gasteiger partial charge >= 0.3 is 0 Å². The van der Waals surface area contributed by atoms with Crippen molar-refractivity contribution in [1.82, 2.24) is 0 Å². The molecule has 0 fully saturated rings. The Morgan fingerprint density at radius 2 is 1.73 bits per heavy atom. The molecule has 0 rings (SSSR count). The highest BCUT2D eigenvalue weighted by Gasteiger charge is 1.98. The SMILES string of the molecule is C=C(/C=C\C)/C=C\[N+](C)(C)C. The van der Waals surface area contributed by atoms with Gasteiger partial charge in [-0.15, -0.1) is 0 Å². The third-order valence-electron chi connectivity index (χ3n) is 1.12. The minimum Gasteiger partial charge on any atom is -0.305 e. The van der Waals surface area contributed by atoms with Crippen molar-refractivity contribution in [2.75, 3.05) is 21.1 Å². The third-order valence-corrected chi connectivity index (χ3v) is 1.12.